The smallest absolute Gasteiger partial charge is 0.323 e. The fourth-order valence-electron chi connectivity index (χ4n) is 2.59. The van der Waals surface area contributed by atoms with E-state index in [1.807, 2.05) is 24.3 Å². The molecule has 1 aromatic heterocycles. The van der Waals surface area contributed by atoms with Crippen LogP contribution < -0.4 is 0 Å². The Hall–Kier alpha value is -2.80. The molecule has 0 radical (unpaired) electrons. The number of carbonyl (C=O) groups is 3. The highest BCUT2D eigenvalue weighted by Gasteiger charge is 2.34. The van der Waals surface area contributed by atoms with Crippen molar-refractivity contribution in [2.75, 3.05) is 6.54 Å². The van der Waals surface area contributed by atoms with Gasteiger partial charge in [-0.3, -0.25) is 19.3 Å². The van der Waals surface area contributed by atoms with Crippen LogP contribution in [0.3, 0.4) is 0 Å². The van der Waals surface area contributed by atoms with Gasteiger partial charge in [0.05, 0.1) is 4.91 Å². The average molecular weight is 342 g/mol. The van der Waals surface area contributed by atoms with Gasteiger partial charge in [0.1, 0.15) is 6.54 Å². The first kappa shape index (κ1) is 16.1. The van der Waals surface area contributed by atoms with Crippen molar-refractivity contribution in [2.45, 2.75) is 6.54 Å². The van der Waals surface area contributed by atoms with E-state index in [0.29, 0.717) is 10.5 Å². The molecule has 2 heterocycles. The van der Waals surface area contributed by atoms with Gasteiger partial charge in [0.15, 0.2) is 0 Å². The van der Waals surface area contributed by atoms with Crippen LogP contribution in [0.2, 0.25) is 0 Å². The first-order chi connectivity index (χ1) is 11.5. The van der Waals surface area contributed by atoms with Crippen LogP contribution in [0, 0.1) is 0 Å². The first-order valence-corrected chi connectivity index (χ1v) is 7.99. The van der Waals surface area contributed by atoms with Crippen molar-refractivity contribution in [3.63, 3.8) is 0 Å². The Kier molecular flexibility index (Phi) is 4.26. The Bertz CT molecular complexity index is 897. The molecule has 122 valence electrons. The predicted octanol–water partition coefficient (Wildman–Crippen LogP) is 2.95. The minimum atomic E-state index is -0.950. The van der Waals surface area contributed by atoms with Crippen LogP contribution >= 0.6 is 11.8 Å². The number of rotatable bonds is 5. The molecule has 24 heavy (non-hydrogen) atoms. The second-order valence-electron chi connectivity index (χ2n) is 5.20. The van der Waals surface area contributed by atoms with Gasteiger partial charge >= 0.3 is 5.97 Å². The first-order valence-electron chi connectivity index (χ1n) is 7.17. The Labute approximate surface area is 142 Å². The van der Waals surface area contributed by atoms with E-state index in [1.165, 1.54) is 6.08 Å². The maximum absolute atomic E-state index is 12.3. The highest BCUT2D eigenvalue weighted by atomic mass is 32.2. The molecule has 1 aromatic carbocycles. The number of carbonyl (C=O) groups excluding carboxylic acids is 2. The second kappa shape index (κ2) is 6.37. The molecular weight excluding hydrogens is 328 g/mol. The predicted molar refractivity (Wildman–Crippen MR) is 92.4 cm³/mol. The number of carboxylic acid groups (broad SMARTS) is 1. The summed E-state index contributed by atoms with van der Waals surface area (Å²) in [7, 11) is 0. The van der Waals surface area contributed by atoms with E-state index in [0.717, 1.165) is 27.6 Å². The summed E-state index contributed by atoms with van der Waals surface area (Å²) in [6.07, 6.45) is 4.81. The second-order valence-corrected chi connectivity index (χ2v) is 6.20. The zero-order chi connectivity index (χ0) is 17.3. The molecule has 1 fully saturated rings. The van der Waals surface area contributed by atoms with E-state index in [2.05, 4.69) is 6.58 Å². The maximum atomic E-state index is 12.3. The lowest BCUT2D eigenvalue weighted by Gasteiger charge is -2.07. The summed E-state index contributed by atoms with van der Waals surface area (Å²) < 4.78 is 1.61. The van der Waals surface area contributed by atoms with Crippen molar-refractivity contribution in [3.05, 3.63) is 53.6 Å². The minimum Gasteiger partial charge on any atom is -0.480 e. The van der Waals surface area contributed by atoms with Gasteiger partial charge in [-0.25, -0.2) is 0 Å². The molecule has 1 N–H and O–H groups in total. The third-order valence-corrected chi connectivity index (χ3v) is 4.50. The standard InChI is InChI=1S/C17H14N2O4S/c1-2-7-19-16(22)14(24-17(19)23)8-11-9-18(10-15(20)21)13-6-4-3-5-12(11)13/h2-6,8-9H,1,7,10H2,(H,20,21)/b14-8+. The third-order valence-electron chi connectivity index (χ3n) is 3.60. The summed E-state index contributed by atoms with van der Waals surface area (Å²) in [5.74, 6) is -1.31. The number of hydrogen-bond donors (Lipinski definition) is 1. The van der Waals surface area contributed by atoms with E-state index in [-0.39, 0.29) is 24.2 Å². The quantitative estimate of drug-likeness (QED) is 0.667. The summed E-state index contributed by atoms with van der Waals surface area (Å²) in [6.45, 7) is 3.54. The number of thioether (sulfide) groups is 1. The number of aromatic nitrogens is 1. The van der Waals surface area contributed by atoms with Gasteiger partial charge in [-0.1, -0.05) is 24.3 Å². The molecule has 7 heteroatoms. The largest absolute Gasteiger partial charge is 0.480 e. The van der Waals surface area contributed by atoms with Crippen LogP contribution in [0.15, 0.2) is 48.0 Å². The fourth-order valence-corrected chi connectivity index (χ4v) is 3.43. The van der Waals surface area contributed by atoms with Crippen LogP contribution in [0.5, 0.6) is 0 Å². The molecule has 0 bridgehead atoms. The van der Waals surface area contributed by atoms with E-state index < -0.39 is 5.97 Å². The molecule has 2 aromatic rings. The van der Waals surface area contributed by atoms with Gasteiger partial charge in [0, 0.05) is 29.2 Å². The SMILES string of the molecule is C=CCN1C(=O)S/C(=C/c2cn(CC(=O)O)c3ccccc23)C1=O. The lowest BCUT2D eigenvalue weighted by molar-refractivity contribution is -0.137. The van der Waals surface area contributed by atoms with Gasteiger partial charge in [0.2, 0.25) is 0 Å². The maximum Gasteiger partial charge on any atom is 0.323 e. The molecule has 0 saturated carbocycles. The minimum absolute atomic E-state index is 0.169. The lowest BCUT2D eigenvalue weighted by Crippen LogP contribution is -2.27. The Morgan fingerprint density at radius 1 is 1.29 bits per heavy atom. The van der Waals surface area contributed by atoms with Crippen LogP contribution in [0.1, 0.15) is 5.56 Å². The van der Waals surface area contributed by atoms with Crippen LogP contribution in [-0.4, -0.2) is 38.2 Å². The number of fused-ring (bicyclic) bond motifs is 1. The summed E-state index contributed by atoms with van der Waals surface area (Å²) in [6, 6.07) is 7.34. The molecule has 0 aliphatic carbocycles. The lowest BCUT2D eigenvalue weighted by atomic mass is 10.1. The van der Waals surface area contributed by atoms with E-state index in [1.54, 1.807) is 16.8 Å². The summed E-state index contributed by atoms with van der Waals surface area (Å²) in [5.41, 5.74) is 1.47. The van der Waals surface area contributed by atoms with Crippen molar-refractivity contribution in [1.29, 1.82) is 0 Å². The topological polar surface area (TPSA) is 79.6 Å². The normalized spacial score (nSPS) is 16.3. The number of hydrogen-bond acceptors (Lipinski definition) is 4. The van der Waals surface area contributed by atoms with Crippen LogP contribution in [0.25, 0.3) is 17.0 Å². The van der Waals surface area contributed by atoms with E-state index in [9.17, 15) is 14.4 Å². The molecule has 0 spiro atoms. The number of aliphatic carboxylic acids is 1. The summed E-state index contributed by atoms with van der Waals surface area (Å²) in [4.78, 5) is 36.6. The average Bonchev–Trinajstić information content (AvgIpc) is 3.01. The van der Waals surface area contributed by atoms with Gasteiger partial charge in [-0.2, -0.15) is 0 Å². The van der Waals surface area contributed by atoms with Crippen LogP contribution in [0.4, 0.5) is 4.79 Å². The van der Waals surface area contributed by atoms with Crippen molar-refractivity contribution in [1.82, 2.24) is 9.47 Å². The zero-order valence-corrected chi connectivity index (χ0v) is 13.5. The van der Waals surface area contributed by atoms with Crippen molar-refractivity contribution < 1.29 is 19.5 Å². The molecule has 3 rings (SSSR count). The molecule has 1 aliphatic heterocycles. The zero-order valence-electron chi connectivity index (χ0n) is 12.6. The number of para-hydroxylation sites is 1. The molecule has 0 unspecified atom stereocenters. The Balaban J connectivity index is 2.04. The highest BCUT2D eigenvalue weighted by molar-refractivity contribution is 8.18. The van der Waals surface area contributed by atoms with Crippen LogP contribution in [-0.2, 0) is 16.1 Å². The Morgan fingerprint density at radius 2 is 2.04 bits per heavy atom. The fraction of sp³-hybridized carbons (Fsp3) is 0.118. The molecule has 1 saturated heterocycles. The summed E-state index contributed by atoms with van der Waals surface area (Å²) >= 11 is 0.873. The number of carboxylic acids is 1. The summed E-state index contributed by atoms with van der Waals surface area (Å²) in [5, 5.41) is 9.53. The number of benzene rings is 1. The van der Waals surface area contributed by atoms with Crippen molar-refractivity contribution >= 4 is 45.9 Å². The van der Waals surface area contributed by atoms with E-state index >= 15 is 0 Å². The molecule has 1 aliphatic rings. The van der Waals surface area contributed by atoms with Gasteiger partial charge in [0.25, 0.3) is 11.1 Å². The molecule has 2 amide bonds. The number of nitrogens with zero attached hydrogens (tertiary/aromatic N) is 2. The third kappa shape index (κ3) is 2.85. The monoisotopic (exact) mass is 342 g/mol. The van der Waals surface area contributed by atoms with Crippen molar-refractivity contribution in [2.24, 2.45) is 0 Å². The number of amides is 2. The molecule has 6 nitrogen and oxygen atoms in total. The van der Waals surface area contributed by atoms with Gasteiger partial charge < -0.3 is 9.67 Å². The van der Waals surface area contributed by atoms with Gasteiger partial charge in [-0.05, 0) is 23.9 Å². The molecular formula is C17H14N2O4S. The molecule has 0 atom stereocenters. The Morgan fingerprint density at radius 3 is 2.75 bits per heavy atom. The number of imide groups is 1. The van der Waals surface area contributed by atoms with Crippen molar-refractivity contribution in [3.8, 4) is 0 Å². The van der Waals surface area contributed by atoms with E-state index in [4.69, 9.17) is 5.11 Å². The highest BCUT2D eigenvalue weighted by Crippen LogP contribution is 2.34. The van der Waals surface area contributed by atoms with Gasteiger partial charge in [-0.15, -0.1) is 6.58 Å².